The van der Waals surface area contributed by atoms with E-state index in [-0.39, 0.29) is 30.9 Å². The summed E-state index contributed by atoms with van der Waals surface area (Å²) in [6.07, 6.45) is 3.21. The van der Waals surface area contributed by atoms with E-state index in [0.717, 1.165) is 25.4 Å². The van der Waals surface area contributed by atoms with Gasteiger partial charge in [-0.3, -0.25) is 14.5 Å². The van der Waals surface area contributed by atoms with Crippen LogP contribution in [0.2, 0.25) is 0 Å². The van der Waals surface area contributed by atoms with Crippen LogP contribution in [0, 0.1) is 0 Å². The molecule has 212 valence electrons. The number of nitrogens with one attached hydrogen (secondary N) is 1. The quantitative estimate of drug-likeness (QED) is 0.458. The highest BCUT2D eigenvalue weighted by Crippen LogP contribution is 2.37. The number of halogens is 1. The number of benzene rings is 1. The first-order valence-corrected chi connectivity index (χ1v) is 13.6. The number of rotatable bonds is 7. The number of carbonyl (C=O) groups excluding carboxylic acids is 2. The normalized spacial score (nSPS) is 21.0. The number of ether oxygens (including phenoxy) is 1. The van der Waals surface area contributed by atoms with Crippen LogP contribution in [0.5, 0.6) is 0 Å². The van der Waals surface area contributed by atoms with E-state index >= 15 is 0 Å². The van der Waals surface area contributed by atoms with Gasteiger partial charge in [0.15, 0.2) is 5.65 Å². The zero-order valence-electron chi connectivity index (χ0n) is 22.9. The van der Waals surface area contributed by atoms with Gasteiger partial charge in [-0.15, -0.1) is 0 Å². The van der Waals surface area contributed by atoms with Crippen LogP contribution in [0.25, 0.3) is 5.65 Å². The molecule has 2 atom stereocenters. The van der Waals surface area contributed by atoms with Crippen molar-refractivity contribution >= 4 is 28.8 Å². The Balaban J connectivity index is 1.31. The molecule has 0 bridgehead atoms. The molecule has 3 aliphatic rings. The van der Waals surface area contributed by atoms with Gasteiger partial charge < -0.3 is 25.0 Å². The molecule has 2 N–H and O–H groups in total. The molecule has 3 aromatic rings. The third-order valence-electron chi connectivity index (χ3n) is 8.13. The molecule has 0 spiro atoms. The van der Waals surface area contributed by atoms with Gasteiger partial charge >= 0.3 is 0 Å². The van der Waals surface area contributed by atoms with Gasteiger partial charge in [-0.2, -0.15) is 5.10 Å². The molecule has 2 saturated heterocycles. The van der Waals surface area contributed by atoms with Crippen molar-refractivity contribution in [2.75, 3.05) is 49.6 Å². The molecule has 2 fully saturated rings. The molecule has 11 nitrogen and oxygen atoms in total. The lowest BCUT2D eigenvalue weighted by Gasteiger charge is -2.47. The molecule has 0 saturated carbocycles. The molecule has 12 heteroatoms. The number of hydrogen-bond acceptors (Lipinski definition) is 8. The Kier molecular flexibility index (Phi) is 6.71. The van der Waals surface area contributed by atoms with Crippen LogP contribution in [0.15, 0.2) is 36.8 Å². The molecule has 0 aliphatic carbocycles. The number of fused-ring (bicyclic) bond motifs is 2. The molecule has 3 aliphatic heterocycles. The standard InChI is InChI=1S/C28H34FN7O4/c1-17-12-33(7-8-35(17)19-15-40-16-19)23-10-20-18(13-34(27(20)38)14-24(29)28(2,3)39)9-22(23)32-26(37)21-11-31-36-6-4-5-30-25(21)36/h4-6,9-11,17,19,24,39H,7-8,12-16H2,1-3H3,(H,32,37)/t17-,24-/m1/s1. The van der Waals surface area contributed by atoms with Crippen molar-refractivity contribution < 1.29 is 23.8 Å². The van der Waals surface area contributed by atoms with E-state index in [1.807, 2.05) is 12.1 Å². The average Bonchev–Trinajstić information content (AvgIpc) is 3.44. The zero-order valence-corrected chi connectivity index (χ0v) is 22.9. The van der Waals surface area contributed by atoms with E-state index in [0.29, 0.717) is 47.2 Å². The lowest BCUT2D eigenvalue weighted by atomic mass is 10.0. The van der Waals surface area contributed by atoms with E-state index < -0.39 is 11.8 Å². The summed E-state index contributed by atoms with van der Waals surface area (Å²) >= 11 is 0. The number of amides is 2. The molecule has 6 rings (SSSR count). The summed E-state index contributed by atoms with van der Waals surface area (Å²) in [5.74, 6) is -0.647. The second-order valence-electron chi connectivity index (χ2n) is 11.5. The molecular weight excluding hydrogens is 517 g/mol. The highest BCUT2D eigenvalue weighted by Gasteiger charge is 2.37. The number of aromatic nitrogens is 3. The third-order valence-corrected chi connectivity index (χ3v) is 8.13. The summed E-state index contributed by atoms with van der Waals surface area (Å²) in [6, 6.07) is 6.02. The van der Waals surface area contributed by atoms with Crippen molar-refractivity contribution in [3.05, 3.63) is 53.5 Å². The fourth-order valence-corrected chi connectivity index (χ4v) is 5.66. The number of carbonyl (C=O) groups is 2. The SMILES string of the molecule is C[C@@H]1CN(c2cc3c(cc2NC(=O)c2cnn4cccnc24)CN(C[C@@H](F)C(C)(C)O)C3=O)CCN1C1COC1. The Labute approximate surface area is 231 Å². The Morgan fingerprint density at radius 3 is 2.80 bits per heavy atom. The number of aliphatic hydroxyl groups is 1. The van der Waals surface area contributed by atoms with Crippen LogP contribution < -0.4 is 10.2 Å². The van der Waals surface area contributed by atoms with E-state index in [2.05, 4.69) is 32.1 Å². The first kappa shape index (κ1) is 26.6. The van der Waals surface area contributed by atoms with E-state index in [4.69, 9.17) is 4.74 Å². The largest absolute Gasteiger partial charge is 0.387 e. The Hall–Kier alpha value is -3.61. The van der Waals surface area contributed by atoms with Crippen LogP contribution in [0.3, 0.4) is 0 Å². The summed E-state index contributed by atoms with van der Waals surface area (Å²) < 4.78 is 21.6. The number of alkyl halides is 1. The fraction of sp³-hybridized carbons (Fsp3) is 0.500. The third kappa shape index (κ3) is 4.80. The second-order valence-corrected chi connectivity index (χ2v) is 11.5. The second kappa shape index (κ2) is 10.1. The number of hydrogen-bond donors (Lipinski definition) is 2. The summed E-state index contributed by atoms with van der Waals surface area (Å²) in [5, 5.41) is 17.4. The van der Waals surface area contributed by atoms with E-state index in [1.54, 1.807) is 18.5 Å². The fourth-order valence-electron chi connectivity index (χ4n) is 5.66. The van der Waals surface area contributed by atoms with E-state index in [9.17, 15) is 19.1 Å². The van der Waals surface area contributed by atoms with Gasteiger partial charge in [0.25, 0.3) is 11.8 Å². The van der Waals surface area contributed by atoms with Crippen LogP contribution in [0.1, 0.15) is 47.1 Å². The molecule has 0 unspecified atom stereocenters. The number of anilines is 2. The van der Waals surface area contributed by atoms with Crippen molar-refractivity contribution in [3.63, 3.8) is 0 Å². The maximum Gasteiger partial charge on any atom is 0.261 e. The van der Waals surface area contributed by atoms with Gasteiger partial charge in [0, 0.05) is 50.2 Å². The number of nitrogens with zero attached hydrogens (tertiary/aromatic N) is 6. The molecule has 2 amide bonds. The van der Waals surface area contributed by atoms with Crippen LogP contribution in [0.4, 0.5) is 15.8 Å². The first-order chi connectivity index (χ1) is 19.1. The lowest BCUT2D eigenvalue weighted by molar-refractivity contribution is -0.0792. The van der Waals surface area contributed by atoms with Gasteiger partial charge in [-0.05, 0) is 44.5 Å². The van der Waals surface area contributed by atoms with Crippen LogP contribution in [-0.4, -0.2) is 105 Å². The molecule has 5 heterocycles. The monoisotopic (exact) mass is 551 g/mol. The average molecular weight is 552 g/mol. The smallest absolute Gasteiger partial charge is 0.261 e. The molecule has 40 heavy (non-hydrogen) atoms. The predicted molar refractivity (Wildman–Crippen MR) is 146 cm³/mol. The van der Waals surface area contributed by atoms with E-state index in [1.165, 1.54) is 29.5 Å². The molecule has 2 aromatic heterocycles. The topological polar surface area (TPSA) is 116 Å². The van der Waals surface area contributed by atoms with Crippen molar-refractivity contribution in [2.24, 2.45) is 0 Å². The van der Waals surface area contributed by atoms with Crippen molar-refractivity contribution in [1.82, 2.24) is 24.4 Å². The maximum absolute atomic E-state index is 14.7. The van der Waals surface area contributed by atoms with Crippen molar-refractivity contribution in [3.8, 4) is 0 Å². The molecular formula is C28H34FN7O4. The zero-order chi connectivity index (χ0) is 28.2. The van der Waals surface area contributed by atoms with Gasteiger partial charge in [0.05, 0.1) is 49.0 Å². The molecule has 1 aromatic carbocycles. The Morgan fingerprint density at radius 2 is 2.10 bits per heavy atom. The Morgan fingerprint density at radius 1 is 1.30 bits per heavy atom. The Bertz CT molecular complexity index is 1450. The summed E-state index contributed by atoms with van der Waals surface area (Å²) in [5.41, 5.74) is 1.69. The minimum absolute atomic E-state index is 0.192. The molecule has 0 radical (unpaired) electrons. The van der Waals surface area contributed by atoms with Gasteiger partial charge in [-0.25, -0.2) is 13.9 Å². The van der Waals surface area contributed by atoms with Gasteiger partial charge in [-0.1, -0.05) is 0 Å². The van der Waals surface area contributed by atoms with Crippen molar-refractivity contribution in [2.45, 2.75) is 51.2 Å². The highest BCUT2D eigenvalue weighted by atomic mass is 19.1. The van der Waals surface area contributed by atoms with Crippen LogP contribution in [-0.2, 0) is 11.3 Å². The summed E-state index contributed by atoms with van der Waals surface area (Å²) in [4.78, 5) is 37.1. The first-order valence-electron chi connectivity index (χ1n) is 13.6. The van der Waals surface area contributed by atoms with Gasteiger partial charge in [0.2, 0.25) is 0 Å². The number of piperazine rings is 1. The minimum Gasteiger partial charge on any atom is -0.387 e. The highest BCUT2D eigenvalue weighted by molar-refractivity contribution is 6.10. The minimum atomic E-state index is -1.60. The predicted octanol–water partition coefficient (Wildman–Crippen LogP) is 1.96. The lowest BCUT2D eigenvalue weighted by Crippen LogP contribution is -2.60. The maximum atomic E-state index is 14.7. The van der Waals surface area contributed by atoms with Gasteiger partial charge in [0.1, 0.15) is 11.7 Å². The van der Waals surface area contributed by atoms with Crippen LogP contribution >= 0.6 is 0 Å². The summed E-state index contributed by atoms with van der Waals surface area (Å²) in [6.45, 7) is 8.65. The summed E-state index contributed by atoms with van der Waals surface area (Å²) in [7, 11) is 0. The van der Waals surface area contributed by atoms with Crippen molar-refractivity contribution in [1.29, 1.82) is 0 Å².